The van der Waals surface area contributed by atoms with E-state index in [9.17, 15) is 29.1 Å². The van der Waals surface area contributed by atoms with E-state index >= 15 is 0 Å². The highest BCUT2D eigenvalue weighted by Gasteiger charge is 2.37. The molecule has 0 bridgehead atoms. The molecule has 0 radical (unpaired) electrons. The maximum absolute atomic E-state index is 13.3. The van der Waals surface area contributed by atoms with E-state index < -0.39 is 48.2 Å². The van der Waals surface area contributed by atoms with E-state index in [0.717, 1.165) is 5.56 Å². The van der Waals surface area contributed by atoms with Crippen LogP contribution in [0, 0.1) is 0 Å². The number of hydrogen-bond donors (Lipinski definition) is 4. The number of amides is 4. The lowest BCUT2D eigenvalue weighted by molar-refractivity contribution is -0.145. The zero-order valence-corrected chi connectivity index (χ0v) is 21.4. The number of rotatable bonds is 3. The van der Waals surface area contributed by atoms with E-state index in [1.165, 1.54) is 11.0 Å². The van der Waals surface area contributed by atoms with Gasteiger partial charge in [0, 0.05) is 19.5 Å². The summed E-state index contributed by atoms with van der Waals surface area (Å²) in [5, 5.41) is 17.8. The second kappa shape index (κ2) is 12.9. The van der Waals surface area contributed by atoms with Gasteiger partial charge in [0.2, 0.25) is 17.7 Å². The Morgan fingerprint density at radius 2 is 1.69 bits per heavy atom. The van der Waals surface area contributed by atoms with E-state index in [0.29, 0.717) is 19.3 Å². The highest BCUT2D eigenvalue weighted by Crippen LogP contribution is 2.21. The molecule has 0 saturated carbocycles. The fraction of sp³-hybridized carbons (Fsp3) is 0.393. The summed E-state index contributed by atoms with van der Waals surface area (Å²) in [6.07, 6.45) is 1.09. The summed E-state index contributed by atoms with van der Waals surface area (Å²) in [7, 11) is 0. The monoisotopic (exact) mass is 536 g/mol. The number of hydrogen-bond acceptors (Lipinski definition) is 6. The molecule has 39 heavy (non-hydrogen) atoms. The van der Waals surface area contributed by atoms with Gasteiger partial charge >= 0.3 is 5.97 Å². The number of aliphatic carboxylic acids is 1. The van der Waals surface area contributed by atoms with Crippen molar-refractivity contribution in [3.8, 4) is 5.75 Å². The molecule has 1 fully saturated rings. The summed E-state index contributed by atoms with van der Waals surface area (Å²) >= 11 is 0. The van der Waals surface area contributed by atoms with Gasteiger partial charge < -0.3 is 30.7 Å². The van der Waals surface area contributed by atoms with Crippen LogP contribution in [0.3, 0.4) is 0 Å². The molecule has 2 aliphatic heterocycles. The Balaban J connectivity index is 1.60. The smallest absolute Gasteiger partial charge is 0.326 e. The Hall–Kier alpha value is -4.41. The summed E-state index contributed by atoms with van der Waals surface area (Å²) in [6, 6.07) is 12.5. The maximum Gasteiger partial charge on any atom is 0.326 e. The van der Waals surface area contributed by atoms with Crippen molar-refractivity contribution in [1.29, 1.82) is 0 Å². The summed E-state index contributed by atoms with van der Waals surface area (Å²) in [5.74, 6) is -3.23. The molecule has 4 N–H and O–H groups in total. The van der Waals surface area contributed by atoms with Crippen LogP contribution in [0.2, 0.25) is 0 Å². The molecule has 11 heteroatoms. The van der Waals surface area contributed by atoms with Crippen LogP contribution in [0.5, 0.6) is 5.75 Å². The summed E-state index contributed by atoms with van der Waals surface area (Å²) in [4.78, 5) is 65.8. The minimum absolute atomic E-state index is 0.128. The topological polar surface area (TPSA) is 154 Å². The van der Waals surface area contributed by atoms with Crippen molar-refractivity contribution < 1.29 is 33.8 Å². The van der Waals surface area contributed by atoms with Gasteiger partial charge in [-0.1, -0.05) is 42.5 Å². The minimum Gasteiger partial charge on any atom is -0.493 e. The molecule has 4 rings (SSSR count). The van der Waals surface area contributed by atoms with E-state index in [4.69, 9.17) is 4.74 Å². The molecule has 2 aliphatic rings. The van der Waals surface area contributed by atoms with Crippen LogP contribution in [0.4, 0.5) is 0 Å². The first-order valence-corrected chi connectivity index (χ1v) is 13.0. The number of carboxylic acids is 1. The quantitative estimate of drug-likeness (QED) is 0.454. The molecular formula is C28H32N4O7. The molecule has 2 aromatic rings. The summed E-state index contributed by atoms with van der Waals surface area (Å²) in [6.45, 7) is 0.713. The van der Waals surface area contributed by atoms with Crippen molar-refractivity contribution in [1.82, 2.24) is 20.9 Å². The van der Waals surface area contributed by atoms with Crippen LogP contribution < -0.4 is 20.7 Å². The highest BCUT2D eigenvalue weighted by molar-refractivity contribution is 6.00. The SMILES string of the molecule is O=C1N[C@H](C(=O)O)CC(=O)N2CCC[C@@H]2C(=O)NC(Cc2ccccc2)C(=O)NCCCOc2ccccc21. The van der Waals surface area contributed by atoms with E-state index in [1.54, 1.807) is 18.2 Å². The molecule has 0 spiro atoms. The largest absolute Gasteiger partial charge is 0.493 e. The fourth-order valence-corrected chi connectivity index (χ4v) is 4.76. The lowest BCUT2D eigenvalue weighted by Gasteiger charge is -2.27. The molecule has 0 aromatic heterocycles. The lowest BCUT2D eigenvalue weighted by atomic mass is 10.0. The van der Waals surface area contributed by atoms with Crippen molar-refractivity contribution >= 4 is 29.6 Å². The molecule has 4 amide bonds. The Bertz CT molecular complexity index is 1220. The summed E-state index contributed by atoms with van der Waals surface area (Å²) < 4.78 is 5.75. The van der Waals surface area contributed by atoms with Gasteiger partial charge in [0.25, 0.3) is 5.91 Å². The first-order valence-electron chi connectivity index (χ1n) is 13.0. The third kappa shape index (κ3) is 7.13. The highest BCUT2D eigenvalue weighted by atomic mass is 16.5. The van der Waals surface area contributed by atoms with Gasteiger partial charge in [-0.3, -0.25) is 19.2 Å². The average molecular weight is 537 g/mol. The van der Waals surface area contributed by atoms with Crippen LogP contribution in [0.25, 0.3) is 0 Å². The van der Waals surface area contributed by atoms with Crippen molar-refractivity contribution in [2.75, 3.05) is 19.7 Å². The van der Waals surface area contributed by atoms with Gasteiger partial charge in [-0.15, -0.1) is 0 Å². The maximum atomic E-state index is 13.3. The molecular weight excluding hydrogens is 504 g/mol. The average Bonchev–Trinajstić information content (AvgIpc) is 3.43. The first kappa shape index (κ1) is 27.6. The van der Waals surface area contributed by atoms with Crippen LogP contribution in [-0.4, -0.2) is 77.4 Å². The van der Waals surface area contributed by atoms with Gasteiger partial charge in [-0.25, -0.2) is 4.79 Å². The molecule has 2 aromatic carbocycles. The number of ether oxygens (including phenoxy) is 1. The number of nitrogens with zero attached hydrogens (tertiary/aromatic N) is 1. The normalized spacial score (nSPS) is 23.2. The second-order valence-electron chi connectivity index (χ2n) is 9.55. The number of carboxylic acid groups (broad SMARTS) is 1. The molecule has 11 nitrogen and oxygen atoms in total. The molecule has 206 valence electrons. The van der Waals surface area contributed by atoms with Gasteiger partial charge in [0.15, 0.2) is 0 Å². The van der Waals surface area contributed by atoms with Crippen LogP contribution in [0.15, 0.2) is 54.6 Å². The third-order valence-corrected chi connectivity index (χ3v) is 6.78. The Kier molecular flexibility index (Phi) is 9.14. The first-order chi connectivity index (χ1) is 18.8. The number of benzene rings is 2. The predicted octanol–water partition coefficient (Wildman–Crippen LogP) is 0.877. The fourth-order valence-electron chi connectivity index (χ4n) is 4.76. The Morgan fingerprint density at radius 1 is 0.949 bits per heavy atom. The van der Waals surface area contributed by atoms with Crippen LogP contribution >= 0.6 is 0 Å². The van der Waals surface area contributed by atoms with E-state index in [1.807, 2.05) is 30.3 Å². The van der Waals surface area contributed by atoms with Gasteiger partial charge in [0.05, 0.1) is 18.6 Å². The Morgan fingerprint density at radius 3 is 2.46 bits per heavy atom. The van der Waals surface area contributed by atoms with Gasteiger partial charge in [-0.2, -0.15) is 0 Å². The predicted molar refractivity (Wildman–Crippen MR) is 140 cm³/mol. The molecule has 0 aliphatic carbocycles. The molecule has 3 atom stereocenters. The van der Waals surface area contributed by atoms with E-state index in [2.05, 4.69) is 16.0 Å². The Labute approximate surface area is 225 Å². The zero-order valence-electron chi connectivity index (χ0n) is 21.4. The van der Waals surface area contributed by atoms with Crippen molar-refractivity contribution in [2.45, 2.75) is 50.2 Å². The summed E-state index contributed by atoms with van der Waals surface area (Å²) in [5.41, 5.74) is 0.988. The standard InChI is InChI=1S/C28H32N4O7/c33-24-17-21(28(37)38)31-25(34)19-10-4-5-12-23(19)39-15-7-13-29-26(35)20(16-18-8-2-1-3-9-18)30-27(36)22-11-6-14-32(22)24/h1-5,8-10,12,20-22H,6-7,11,13-17H2,(H,29,35)(H,30,36)(H,31,34)(H,37,38)/t20?,21-,22+/m0/s1. The minimum atomic E-state index is -1.50. The van der Waals surface area contributed by atoms with E-state index in [-0.39, 0.29) is 43.3 Å². The number of carbonyl (C=O) groups is 5. The van der Waals surface area contributed by atoms with Crippen molar-refractivity contribution in [3.63, 3.8) is 0 Å². The second-order valence-corrected chi connectivity index (χ2v) is 9.55. The molecule has 1 unspecified atom stereocenters. The van der Waals surface area contributed by atoms with Crippen molar-refractivity contribution in [3.05, 3.63) is 65.7 Å². The van der Waals surface area contributed by atoms with Crippen molar-refractivity contribution in [2.24, 2.45) is 0 Å². The number of fused-ring (bicyclic) bond motifs is 2. The molecule has 1 saturated heterocycles. The lowest BCUT2D eigenvalue weighted by Crippen LogP contribution is -2.54. The van der Waals surface area contributed by atoms with Gasteiger partial charge in [-0.05, 0) is 37.0 Å². The third-order valence-electron chi connectivity index (χ3n) is 6.78. The van der Waals surface area contributed by atoms with Crippen LogP contribution in [0.1, 0.15) is 41.6 Å². The zero-order chi connectivity index (χ0) is 27.8. The molecule has 2 heterocycles. The number of nitrogens with one attached hydrogen (secondary N) is 3. The van der Waals surface area contributed by atoms with Crippen LogP contribution in [-0.2, 0) is 25.6 Å². The van der Waals surface area contributed by atoms with Gasteiger partial charge in [0.1, 0.15) is 23.9 Å². The number of para-hydroxylation sites is 1. The number of carbonyl (C=O) groups excluding carboxylic acids is 4.